The summed E-state index contributed by atoms with van der Waals surface area (Å²) in [5.74, 6) is -0.204. The van der Waals surface area contributed by atoms with E-state index in [0.29, 0.717) is 37.2 Å². The van der Waals surface area contributed by atoms with Gasteiger partial charge in [0.25, 0.3) is 5.91 Å². The number of amides is 1. The molecule has 1 fully saturated rings. The fraction of sp³-hybridized carbons (Fsp3) is 0.500. The minimum Gasteiger partial charge on any atom is -0.497 e. The minimum absolute atomic E-state index is 0.120. The number of halogens is 1. The first kappa shape index (κ1) is 18.4. The van der Waals surface area contributed by atoms with Crippen LogP contribution in [0.5, 0.6) is 5.75 Å². The molecule has 5 nitrogen and oxygen atoms in total. The Balaban J connectivity index is 2.14. The lowest BCUT2D eigenvalue weighted by Gasteiger charge is -2.40. The van der Waals surface area contributed by atoms with Gasteiger partial charge in [-0.1, -0.05) is 6.08 Å². The van der Waals surface area contributed by atoms with Crippen LogP contribution >= 0.6 is 0 Å². The molecule has 1 aromatic rings. The summed E-state index contributed by atoms with van der Waals surface area (Å²) in [7, 11) is 3.34. The quantitative estimate of drug-likeness (QED) is 0.772. The fourth-order valence-corrected chi connectivity index (χ4v) is 3.10. The monoisotopic (exact) mass is 336 g/mol. The number of methoxy groups -OCH3 is 1. The van der Waals surface area contributed by atoms with Crippen LogP contribution in [-0.4, -0.2) is 60.2 Å². The molecule has 1 aliphatic rings. The van der Waals surface area contributed by atoms with E-state index in [1.165, 1.54) is 24.1 Å². The summed E-state index contributed by atoms with van der Waals surface area (Å²) in [5.41, 5.74) is -1.06. The molecule has 0 radical (unpaired) electrons. The molecule has 1 aliphatic heterocycles. The summed E-state index contributed by atoms with van der Waals surface area (Å²) in [6.45, 7) is 5.10. The van der Waals surface area contributed by atoms with Gasteiger partial charge in [0.05, 0.1) is 7.11 Å². The van der Waals surface area contributed by atoms with Crippen LogP contribution in [0.25, 0.3) is 0 Å². The molecule has 0 unspecified atom stereocenters. The van der Waals surface area contributed by atoms with E-state index in [0.717, 1.165) is 0 Å². The molecule has 0 saturated carbocycles. The Morgan fingerprint density at radius 2 is 2.29 bits per heavy atom. The number of nitrogens with zero attached hydrogens (tertiary/aromatic N) is 2. The van der Waals surface area contributed by atoms with Crippen molar-refractivity contribution in [3.63, 3.8) is 0 Å². The number of carbonyl (C=O) groups excluding carboxylic acids is 1. The van der Waals surface area contributed by atoms with Gasteiger partial charge in [0, 0.05) is 31.7 Å². The minimum atomic E-state index is -1.44. The summed E-state index contributed by atoms with van der Waals surface area (Å²) >= 11 is 0. The van der Waals surface area contributed by atoms with Gasteiger partial charge < -0.3 is 14.7 Å². The third-order valence-electron chi connectivity index (χ3n) is 4.29. The molecule has 132 valence electrons. The first-order chi connectivity index (χ1) is 11.4. The maximum atomic E-state index is 14.0. The van der Waals surface area contributed by atoms with Crippen LogP contribution in [0.15, 0.2) is 30.9 Å². The summed E-state index contributed by atoms with van der Waals surface area (Å²) < 4.78 is 19.1. The average molecular weight is 336 g/mol. The lowest BCUT2D eigenvalue weighted by Crippen LogP contribution is -2.57. The van der Waals surface area contributed by atoms with Gasteiger partial charge in [0.2, 0.25) is 0 Å². The van der Waals surface area contributed by atoms with Crippen molar-refractivity contribution >= 4 is 5.91 Å². The van der Waals surface area contributed by atoms with Gasteiger partial charge in [-0.2, -0.15) is 0 Å². The highest BCUT2D eigenvalue weighted by Crippen LogP contribution is 2.26. The van der Waals surface area contributed by atoms with Crippen molar-refractivity contribution in [1.82, 2.24) is 9.80 Å². The number of carbonyl (C=O) groups is 1. The molecule has 0 spiro atoms. The van der Waals surface area contributed by atoms with Crippen molar-refractivity contribution in [1.29, 1.82) is 0 Å². The highest BCUT2D eigenvalue weighted by Gasteiger charge is 2.42. The standard InChI is InChI=1S/C18H25FN2O3/c1-4-9-20(2)13-18(23)8-5-10-21(17(18)22)12-14-11-15(24-3)6-7-16(14)19/h4,6-7,11,23H,1,5,8-10,12-13H2,2-3H3/t18-/m0/s1. The molecule has 1 saturated heterocycles. The number of rotatable bonds is 7. The van der Waals surface area contributed by atoms with Crippen molar-refractivity contribution < 1.29 is 19.0 Å². The Labute approximate surface area is 142 Å². The van der Waals surface area contributed by atoms with Crippen LogP contribution in [0.3, 0.4) is 0 Å². The smallest absolute Gasteiger partial charge is 0.256 e. The van der Waals surface area contributed by atoms with Crippen LogP contribution in [0.4, 0.5) is 4.39 Å². The molecule has 1 atom stereocenters. The van der Waals surface area contributed by atoms with Crippen LogP contribution in [0, 0.1) is 5.82 Å². The third kappa shape index (κ3) is 4.13. The molecule has 1 aromatic carbocycles. The summed E-state index contributed by atoms with van der Waals surface area (Å²) in [6, 6.07) is 4.45. The normalized spacial score (nSPS) is 21.2. The van der Waals surface area contributed by atoms with Gasteiger partial charge in [0.1, 0.15) is 11.6 Å². The zero-order chi connectivity index (χ0) is 17.7. The largest absolute Gasteiger partial charge is 0.497 e. The molecular weight excluding hydrogens is 311 g/mol. The Morgan fingerprint density at radius 3 is 2.96 bits per heavy atom. The maximum absolute atomic E-state index is 14.0. The molecule has 24 heavy (non-hydrogen) atoms. The van der Waals surface area contributed by atoms with Crippen molar-refractivity contribution in [2.45, 2.75) is 25.0 Å². The van der Waals surface area contributed by atoms with Gasteiger partial charge in [-0.05, 0) is 38.1 Å². The van der Waals surface area contributed by atoms with E-state index < -0.39 is 5.60 Å². The molecule has 1 N–H and O–H groups in total. The molecule has 2 rings (SSSR count). The SMILES string of the molecule is C=CCN(C)C[C@@]1(O)CCCN(Cc2cc(OC)ccc2F)C1=O. The van der Waals surface area contributed by atoms with E-state index in [-0.39, 0.29) is 24.8 Å². The number of aliphatic hydroxyl groups is 1. The molecule has 1 heterocycles. The maximum Gasteiger partial charge on any atom is 0.256 e. The van der Waals surface area contributed by atoms with Gasteiger partial charge in [0.15, 0.2) is 5.60 Å². The van der Waals surface area contributed by atoms with Crippen molar-refractivity contribution in [2.75, 3.05) is 33.8 Å². The Bertz CT molecular complexity index is 608. The van der Waals surface area contributed by atoms with E-state index in [4.69, 9.17) is 4.74 Å². The van der Waals surface area contributed by atoms with E-state index in [1.807, 2.05) is 11.9 Å². The van der Waals surface area contributed by atoms with Crippen LogP contribution < -0.4 is 4.74 Å². The number of hydrogen-bond donors (Lipinski definition) is 1. The molecule has 6 heteroatoms. The van der Waals surface area contributed by atoms with Crippen LogP contribution in [0.2, 0.25) is 0 Å². The number of ether oxygens (including phenoxy) is 1. The molecule has 1 amide bonds. The van der Waals surface area contributed by atoms with E-state index in [9.17, 15) is 14.3 Å². The summed E-state index contributed by atoms with van der Waals surface area (Å²) in [5, 5.41) is 10.8. The second-order valence-electron chi connectivity index (χ2n) is 6.30. The average Bonchev–Trinajstić information content (AvgIpc) is 2.54. The number of likely N-dealkylation sites (tertiary alicyclic amines) is 1. The first-order valence-electron chi connectivity index (χ1n) is 8.03. The zero-order valence-electron chi connectivity index (χ0n) is 14.3. The third-order valence-corrected chi connectivity index (χ3v) is 4.29. The Hall–Kier alpha value is -1.92. The van der Waals surface area contributed by atoms with E-state index >= 15 is 0 Å². The van der Waals surface area contributed by atoms with Gasteiger partial charge in [-0.3, -0.25) is 9.69 Å². The predicted molar refractivity (Wildman–Crippen MR) is 90.2 cm³/mol. The van der Waals surface area contributed by atoms with Crippen LogP contribution in [-0.2, 0) is 11.3 Å². The lowest BCUT2D eigenvalue weighted by atomic mass is 9.90. The number of likely N-dealkylation sites (N-methyl/N-ethyl adjacent to an activating group) is 1. The number of piperidine rings is 1. The van der Waals surface area contributed by atoms with Crippen molar-refractivity contribution in [3.8, 4) is 5.75 Å². The second-order valence-corrected chi connectivity index (χ2v) is 6.30. The highest BCUT2D eigenvalue weighted by molar-refractivity contribution is 5.86. The van der Waals surface area contributed by atoms with E-state index in [1.54, 1.807) is 12.1 Å². The number of hydrogen-bond acceptors (Lipinski definition) is 4. The van der Waals surface area contributed by atoms with E-state index in [2.05, 4.69) is 6.58 Å². The second kappa shape index (κ2) is 7.77. The summed E-state index contributed by atoms with van der Waals surface area (Å²) in [4.78, 5) is 16.1. The zero-order valence-corrected chi connectivity index (χ0v) is 14.3. The van der Waals surface area contributed by atoms with Gasteiger partial charge >= 0.3 is 0 Å². The van der Waals surface area contributed by atoms with Crippen molar-refractivity contribution in [2.24, 2.45) is 0 Å². The number of benzene rings is 1. The highest BCUT2D eigenvalue weighted by atomic mass is 19.1. The topological polar surface area (TPSA) is 53.0 Å². The fourth-order valence-electron chi connectivity index (χ4n) is 3.10. The van der Waals surface area contributed by atoms with Gasteiger partial charge in [-0.25, -0.2) is 4.39 Å². The summed E-state index contributed by atoms with van der Waals surface area (Å²) in [6.07, 6.45) is 2.81. The first-order valence-corrected chi connectivity index (χ1v) is 8.03. The molecule has 0 aliphatic carbocycles. The Kier molecular flexibility index (Phi) is 5.96. The molecular formula is C18H25FN2O3. The predicted octanol–water partition coefficient (Wildman–Crippen LogP) is 1.81. The Morgan fingerprint density at radius 1 is 1.54 bits per heavy atom. The van der Waals surface area contributed by atoms with Gasteiger partial charge in [-0.15, -0.1) is 6.58 Å². The molecule has 0 aromatic heterocycles. The van der Waals surface area contributed by atoms with Crippen LogP contribution in [0.1, 0.15) is 18.4 Å². The van der Waals surface area contributed by atoms with Crippen molar-refractivity contribution in [3.05, 3.63) is 42.2 Å². The lowest BCUT2D eigenvalue weighted by molar-refractivity contribution is -0.159. The molecule has 0 bridgehead atoms.